The maximum Gasteiger partial charge on any atom is 0.177 e. The van der Waals surface area contributed by atoms with Crippen molar-refractivity contribution >= 4 is 6.72 Å². The number of allylic oxidation sites excluding steroid dienone is 4. The molecule has 0 aromatic carbocycles. The van der Waals surface area contributed by atoms with Crippen molar-refractivity contribution in [2.75, 3.05) is 7.05 Å². The largest absolute Gasteiger partial charge is 0.212 e. The van der Waals surface area contributed by atoms with Gasteiger partial charge >= 0.3 is 0 Å². The summed E-state index contributed by atoms with van der Waals surface area (Å²) < 4.78 is 1.83. The van der Waals surface area contributed by atoms with Crippen molar-refractivity contribution in [2.24, 2.45) is 0 Å². The van der Waals surface area contributed by atoms with Crippen molar-refractivity contribution in [1.82, 2.24) is 0 Å². The Morgan fingerprint density at radius 3 is 2.44 bits per heavy atom. The number of hydrogen-bond donors (Lipinski definition) is 0. The second-order valence-corrected chi connectivity index (χ2v) is 2.03. The zero-order valence-electron chi connectivity index (χ0n) is 6.39. The van der Waals surface area contributed by atoms with Crippen molar-refractivity contribution in [2.45, 2.75) is 13.8 Å². The number of rotatable bonds is 2. The van der Waals surface area contributed by atoms with Crippen LogP contribution in [0.3, 0.4) is 0 Å². The number of nitrogens with zero attached hydrogens (tertiary/aromatic N) is 1. The Morgan fingerprint density at radius 2 is 2.11 bits per heavy atom. The molecule has 0 saturated carbocycles. The minimum atomic E-state index is 1.16. The molecule has 0 amide bonds. The van der Waals surface area contributed by atoms with Gasteiger partial charge in [0.1, 0.15) is 13.8 Å². The summed E-state index contributed by atoms with van der Waals surface area (Å²) in [6.45, 7) is 7.74. The van der Waals surface area contributed by atoms with E-state index < -0.39 is 0 Å². The molecule has 0 aromatic heterocycles. The summed E-state index contributed by atoms with van der Waals surface area (Å²) in [5.41, 5.74) is 1.16. The van der Waals surface area contributed by atoms with Gasteiger partial charge in [-0.15, -0.1) is 0 Å². The minimum absolute atomic E-state index is 1.16. The Bertz CT molecular complexity index is 152. The summed E-state index contributed by atoms with van der Waals surface area (Å²) in [6.07, 6.45) is 6.01. The van der Waals surface area contributed by atoms with Crippen molar-refractivity contribution in [3.63, 3.8) is 0 Å². The topological polar surface area (TPSA) is 3.01 Å². The second-order valence-electron chi connectivity index (χ2n) is 2.03. The van der Waals surface area contributed by atoms with Crippen LogP contribution in [0.2, 0.25) is 0 Å². The van der Waals surface area contributed by atoms with E-state index >= 15 is 0 Å². The lowest BCUT2D eigenvalue weighted by Gasteiger charge is -1.87. The van der Waals surface area contributed by atoms with Crippen LogP contribution in [0.15, 0.2) is 23.9 Å². The molecule has 0 fully saturated rings. The highest BCUT2D eigenvalue weighted by Gasteiger charge is 1.90. The fourth-order valence-corrected chi connectivity index (χ4v) is 0.363. The summed E-state index contributed by atoms with van der Waals surface area (Å²) >= 11 is 0. The van der Waals surface area contributed by atoms with Gasteiger partial charge in [-0.25, -0.2) is 4.58 Å². The molecular formula is C8H14N+. The fourth-order valence-electron chi connectivity index (χ4n) is 0.363. The first-order valence-electron chi connectivity index (χ1n) is 3.02. The van der Waals surface area contributed by atoms with Gasteiger partial charge in [-0.1, -0.05) is 12.2 Å². The maximum absolute atomic E-state index is 3.72. The molecule has 0 aliphatic rings. The predicted octanol–water partition coefficient (Wildman–Crippen LogP) is 1.81. The van der Waals surface area contributed by atoms with Crippen LogP contribution in [0, 0.1) is 0 Å². The van der Waals surface area contributed by atoms with E-state index in [4.69, 9.17) is 0 Å². The Kier molecular flexibility index (Phi) is 3.69. The van der Waals surface area contributed by atoms with Gasteiger partial charge < -0.3 is 0 Å². The van der Waals surface area contributed by atoms with Gasteiger partial charge in [-0.3, -0.25) is 0 Å². The molecule has 9 heavy (non-hydrogen) atoms. The lowest BCUT2D eigenvalue weighted by molar-refractivity contribution is -0.433. The highest BCUT2D eigenvalue weighted by Crippen LogP contribution is 1.90. The van der Waals surface area contributed by atoms with Crippen molar-refractivity contribution < 1.29 is 4.58 Å². The Balaban J connectivity index is 4.00. The van der Waals surface area contributed by atoms with Crippen LogP contribution in [0.25, 0.3) is 0 Å². The first-order chi connectivity index (χ1) is 4.18. The quantitative estimate of drug-likeness (QED) is 0.300. The second kappa shape index (κ2) is 4.07. The summed E-state index contributed by atoms with van der Waals surface area (Å²) in [7, 11) is 1.93. The molecule has 0 radical (unpaired) electrons. The molecule has 0 unspecified atom stereocenters. The summed E-state index contributed by atoms with van der Waals surface area (Å²) in [5.74, 6) is 0. The van der Waals surface area contributed by atoms with Crippen LogP contribution in [0.5, 0.6) is 0 Å². The molecule has 0 aromatic rings. The van der Waals surface area contributed by atoms with E-state index in [0.29, 0.717) is 0 Å². The van der Waals surface area contributed by atoms with Crippen LogP contribution in [0.1, 0.15) is 13.8 Å². The van der Waals surface area contributed by atoms with Crippen molar-refractivity contribution in [3.8, 4) is 0 Å². The molecule has 1 nitrogen and oxygen atoms in total. The van der Waals surface area contributed by atoms with Gasteiger partial charge in [0.2, 0.25) is 0 Å². The molecule has 0 rings (SSSR count). The van der Waals surface area contributed by atoms with Gasteiger partial charge in [-0.05, 0) is 6.92 Å². The average molecular weight is 124 g/mol. The van der Waals surface area contributed by atoms with Gasteiger partial charge in [0, 0.05) is 13.0 Å². The monoisotopic (exact) mass is 124 g/mol. The summed E-state index contributed by atoms with van der Waals surface area (Å²) in [5, 5.41) is 0. The van der Waals surface area contributed by atoms with Crippen LogP contribution in [-0.4, -0.2) is 18.3 Å². The molecule has 0 N–H and O–H groups in total. The molecule has 0 bridgehead atoms. The van der Waals surface area contributed by atoms with Crippen LogP contribution in [-0.2, 0) is 0 Å². The van der Waals surface area contributed by atoms with Crippen molar-refractivity contribution in [3.05, 3.63) is 23.9 Å². The first kappa shape index (κ1) is 8.15. The summed E-state index contributed by atoms with van der Waals surface area (Å²) in [4.78, 5) is 0. The Labute approximate surface area is 57.0 Å². The molecular weight excluding hydrogens is 110 g/mol. The van der Waals surface area contributed by atoms with Gasteiger partial charge in [-0.2, -0.15) is 0 Å². The molecule has 0 aliphatic heterocycles. The third kappa shape index (κ3) is 3.71. The van der Waals surface area contributed by atoms with Gasteiger partial charge in [0.15, 0.2) is 5.70 Å². The number of hydrogen-bond acceptors (Lipinski definition) is 0. The normalized spacial score (nSPS) is 12.6. The van der Waals surface area contributed by atoms with E-state index in [2.05, 4.69) is 6.72 Å². The first-order valence-corrected chi connectivity index (χ1v) is 3.02. The SMILES string of the molecule is C=[N+](C)/C(C)=C\C=C/C. The molecule has 0 spiro atoms. The molecule has 0 aliphatic carbocycles. The molecule has 50 valence electrons. The van der Waals surface area contributed by atoms with E-state index in [1.807, 2.05) is 43.7 Å². The van der Waals surface area contributed by atoms with Crippen molar-refractivity contribution in [1.29, 1.82) is 0 Å². The smallest absolute Gasteiger partial charge is 0.177 e. The minimum Gasteiger partial charge on any atom is -0.212 e. The van der Waals surface area contributed by atoms with Gasteiger partial charge in [0.05, 0.1) is 0 Å². The highest BCUT2D eigenvalue weighted by molar-refractivity contribution is 5.17. The third-order valence-electron chi connectivity index (χ3n) is 1.13. The van der Waals surface area contributed by atoms with Crippen LogP contribution < -0.4 is 0 Å². The fraction of sp³-hybridized carbons (Fsp3) is 0.375. The highest BCUT2D eigenvalue weighted by atomic mass is 14.9. The van der Waals surface area contributed by atoms with E-state index in [0.717, 1.165) is 5.70 Å². The van der Waals surface area contributed by atoms with E-state index in [-0.39, 0.29) is 0 Å². The van der Waals surface area contributed by atoms with E-state index in [1.54, 1.807) is 0 Å². The summed E-state index contributed by atoms with van der Waals surface area (Å²) in [6, 6.07) is 0. The molecule has 0 atom stereocenters. The van der Waals surface area contributed by atoms with E-state index in [9.17, 15) is 0 Å². The standard InChI is InChI=1S/C8H14N/c1-5-6-7-8(2)9(3)4/h5-7H,3H2,1-2,4H3/q+1/b6-5-,8-7-. The molecule has 0 saturated heterocycles. The average Bonchev–Trinajstić information content (AvgIpc) is 1.82. The van der Waals surface area contributed by atoms with Crippen LogP contribution >= 0.6 is 0 Å². The lowest BCUT2D eigenvalue weighted by atomic mass is 10.4. The zero-order chi connectivity index (χ0) is 7.28. The van der Waals surface area contributed by atoms with Gasteiger partial charge in [0.25, 0.3) is 0 Å². The Morgan fingerprint density at radius 1 is 1.56 bits per heavy atom. The maximum atomic E-state index is 3.72. The zero-order valence-corrected chi connectivity index (χ0v) is 6.39. The lowest BCUT2D eigenvalue weighted by Crippen LogP contribution is -1.96. The predicted molar refractivity (Wildman–Crippen MR) is 41.9 cm³/mol. The molecule has 0 heterocycles. The third-order valence-corrected chi connectivity index (χ3v) is 1.13. The molecule has 1 heteroatoms. The van der Waals surface area contributed by atoms with E-state index in [1.165, 1.54) is 0 Å². The van der Waals surface area contributed by atoms with Crippen LogP contribution in [0.4, 0.5) is 0 Å². The Hall–Kier alpha value is -0.850.